The van der Waals surface area contributed by atoms with E-state index in [-0.39, 0.29) is 5.97 Å². The van der Waals surface area contributed by atoms with Crippen LogP contribution in [0, 0.1) is 5.92 Å². The molecule has 0 heterocycles. The first-order valence-corrected chi connectivity index (χ1v) is 12.7. The molecule has 6 heteroatoms. The largest absolute Gasteiger partial charge is 0.501 e. The van der Waals surface area contributed by atoms with E-state index in [9.17, 15) is 4.79 Å². The fourth-order valence-electron chi connectivity index (χ4n) is 3.10. The van der Waals surface area contributed by atoms with Crippen molar-refractivity contribution in [3.63, 3.8) is 0 Å². The molecule has 0 aromatic rings. The minimum absolute atomic E-state index is 0.273. The van der Waals surface area contributed by atoms with Gasteiger partial charge in [0.1, 0.15) is 0 Å². The van der Waals surface area contributed by atoms with Gasteiger partial charge < -0.3 is 18.0 Å². The van der Waals surface area contributed by atoms with E-state index in [4.69, 9.17) is 18.0 Å². The van der Waals surface area contributed by atoms with E-state index >= 15 is 0 Å². The molecule has 0 aliphatic heterocycles. The van der Waals surface area contributed by atoms with Gasteiger partial charge in [-0.15, -0.1) is 0 Å². The van der Waals surface area contributed by atoms with Crippen LogP contribution in [-0.2, 0) is 22.8 Å². The maximum atomic E-state index is 12.0. The van der Waals surface area contributed by atoms with Crippen molar-refractivity contribution in [3.8, 4) is 0 Å². The zero-order chi connectivity index (χ0) is 21.4. The van der Waals surface area contributed by atoms with Crippen LogP contribution < -0.4 is 0 Å². The second kappa shape index (κ2) is 15.9. The van der Waals surface area contributed by atoms with Gasteiger partial charge in [-0.25, -0.2) is 4.79 Å². The topological polar surface area (TPSA) is 54.0 Å². The molecular weight excluding hydrogens is 372 g/mol. The first-order valence-electron chi connectivity index (χ1n) is 10.7. The summed E-state index contributed by atoms with van der Waals surface area (Å²) in [7, 11) is -2.72. The number of hydrogen-bond donors (Lipinski definition) is 0. The molecule has 0 saturated heterocycles. The molecule has 0 aliphatic rings. The molecular formula is C22H42O5Si. The number of carbonyl (C=O) groups is 1. The van der Waals surface area contributed by atoms with Crippen molar-refractivity contribution in [2.45, 2.75) is 80.2 Å². The summed E-state index contributed by atoms with van der Waals surface area (Å²) in [5.41, 5.74) is 2.43. The van der Waals surface area contributed by atoms with Crippen LogP contribution in [0.4, 0.5) is 0 Å². The standard InChI is InChI=1S/C22H42O5Si/c1-8-24-22(23)18-21(17-20(7)14-12-13-19(5)6)15-16-28(25-9-2,26-10-3)27-11-4/h13,18,20H,8-12,14-17H2,1-7H3/b21-18+. The van der Waals surface area contributed by atoms with Gasteiger partial charge in [-0.3, -0.25) is 0 Å². The molecule has 28 heavy (non-hydrogen) atoms. The van der Waals surface area contributed by atoms with Crippen molar-refractivity contribution in [2.24, 2.45) is 5.92 Å². The molecule has 1 atom stereocenters. The van der Waals surface area contributed by atoms with Gasteiger partial charge in [-0.05, 0) is 73.1 Å². The van der Waals surface area contributed by atoms with Gasteiger partial charge in [-0.2, -0.15) is 0 Å². The van der Waals surface area contributed by atoms with Gasteiger partial charge in [0.2, 0.25) is 0 Å². The SMILES string of the molecule is CCOC(=O)/C=C(\CC[Si](OCC)(OCC)OCC)CC(C)CCC=C(C)C. The van der Waals surface area contributed by atoms with Crippen molar-refractivity contribution >= 4 is 14.8 Å². The summed E-state index contributed by atoms with van der Waals surface area (Å²) in [4.78, 5) is 12.0. The summed E-state index contributed by atoms with van der Waals surface area (Å²) in [5.74, 6) is 0.212. The van der Waals surface area contributed by atoms with Gasteiger partial charge in [0, 0.05) is 31.9 Å². The molecule has 0 rings (SSSR count). The maximum absolute atomic E-state index is 12.0. The number of allylic oxidation sites excluding steroid dienone is 3. The van der Waals surface area contributed by atoms with Crippen molar-refractivity contribution in [1.82, 2.24) is 0 Å². The highest BCUT2D eigenvalue weighted by Crippen LogP contribution is 2.26. The lowest BCUT2D eigenvalue weighted by atomic mass is 9.94. The Morgan fingerprint density at radius 1 is 0.964 bits per heavy atom. The van der Waals surface area contributed by atoms with E-state index < -0.39 is 8.80 Å². The molecule has 0 spiro atoms. The first kappa shape index (κ1) is 27.0. The summed E-state index contributed by atoms with van der Waals surface area (Å²) in [6, 6.07) is 0.675. The Morgan fingerprint density at radius 3 is 2.00 bits per heavy atom. The quantitative estimate of drug-likeness (QED) is 0.141. The molecule has 0 saturated carbocycles. The Morgan fingerprint density at radius 2 is 1.54 bits per heavy atom. The van der Waals surface area contributed by atoms with Crippen LogP contribution in [0.3, 0.4) is 0 Å². The van der Waals surface area contributed by atoms with Gasteiger partial charge in [0.05, 0.1) is 6.61 Å². The molecule has 0 fully saturated rings. The van der Waals surface area contributed by atoms with Gasteiger partial charge in [0.15, 0.2) is 0 Å². The first-order chi connectivity index (χ1) is 13.3. The van der Waals surface area contributed by atoms with Crippen molar-refractivity contribution in [3.05, 3.63) is 23.3 Å². The third kappa shape index (κ3) is 12.5. The van der Waals surface area contributed by atoms with Crippen LogP contribution in [0.1, 0.15) is 74.1 Å². The lowest BCUT2D eigenvalue weighted by Crippen LogP contribution is -2.46. The van der Waals surface area contributed by atoms with Crippen LogP contribution in [0.15, 0.2) is 23.3 Å². The van der Waals surface area contributed by atoms with Crippen LogP contribution in [-0.4, -0.2) is 41.2 Å². The Balaban J connectivity index is 5.17. The summed E-state index contributed by atoms with van der Waals surface area (Å²) in [6.45, 7) is 16.2. The van der Waals surface area contributed by atoms with Crippen LogP contribution >= 0.6 is 0 Å². The van der Waals surface area contributed by atoms with E-state index in [1.165, 1.54) is 5.57 Å². The van der Waals surface area contributed by atoms with Crippen LogP contribution in [0.2, 0.25) is 6.04 Å². The van der Waals surface area contributed by atoms with Crippen molar-refractivity contribution in [2.75, 3.05) is 26.4 Å². The molecule has 0 aromatic carbocycles. The molecule has 0 aromatic heterocycles. The Hall–Kier alpha value is -0.953. The van der Waals surface area contributed by atoms with Crippen molar-refractivity contribution in [1.29, 1.82) is 0 Å². The normalized spacial score (nSPS) is 13.3. The smallest absolute Gasteiger partial charge is 0.463 e. The monoisotopic (exact) mass is 414 g/mol. The minimum atomic E-state index is -2.72. The fraction of sp³-hybridized carbons (Fsp3) is 0.773. The molecule has 164 valence electrons. The van der Waals surface area contributed by atoms with Gasteiger partial charge in [0.25, 0.3) is 0 Å². The molecule has 0 N–H and O–H groups in total. The predicted octanol–water partition coefficient (Wildman–Crippen LogP) is 5.69. The highest BCUT2D eigenvalue weighted by atomic mass is 28.4. The zero-order valence-corrected chi connectivity index (χ0v) is 20.1. The average Bonchev–Trinajstić information content (AvgIpc) is 2.60. The Kier molecular flexibility index (Phi) is 15.4. The zero-order valence-electron chi connectivity index (χ0n) is 19.1. The Bertz CT molecular complexity index is 466. The summed E-state index contributed by atoms with van der Waals surface area (Å²) >= 11 is 0. The third-order valence-corrected chi connectivity index (χ3v) is 7.32. The van der Waals surface area contributed by atoms with Crippen molar-refractivity contribution < 1.29 is 22.8 Å². The number of esters is 1. The molecule has 5 nitrogen and oxygen atoms in total. The van der Waals surface area contributed by atoms with Crippen LogP contribution in [0.25, 0.3) is 0 Å². The van der Waals surface area contributed by atoms with E-state index in [1.54, 1.807) is 6.08 Å². The number of rotatable bonds is 16. The number of carbonyl (C=O) groups excluding carboxylic acids is 1. The summed E-state index contributed by atoms with van der Waals surface area (Å²) in [6.07, 6.45) is 7.66. The number of ether oxygens (including phenoxy) is 1. The van der Waals surface area contributed by atoms with E-state index in [2.05, 4.69) is 26.8 Å². The molecule has 0 aliphatic carbocycles. The molecule has 0 radical (unpaired) electrons. The second-order valence-corrected chi connectivity index (χ2v) is 9.94. The maximum Gasteiger partial charge on any atom is 0.501 e. The highest BCUT2D eigenvalue weighted by Gasteiger charge is 2.40. The fourth-order valence-corrected chi connectivity index (χ4v) is 5.73. The highest BCUT2D eigenvalue weighted by molar-refractivity contribution is 6.60. The van der Waals surface area contributed by atoms with Crippen LogP contribution in [0.5, 0.6) is 0 Å². The van der Waals surface area contributed by atoms with E-state index in [0.29, 0.717) is 38.4 Å². The summed E-state index contributed by atoms with van der Waals surface area (Å²) in [5, 5.41) is 0. The Labute approximate surface area is 173 Å². The minimum Gasteiger partial charge on any atom is -0.463 e. The third-order valence-electron chi connectivity index (χ3n) is 4.28. The van der Waals surface area contributed by atoms with Gasteiger partial charge >= 0.3 is 14.8 Å². The van der Waals surface area contributed by atoms with E-state index in [1.807, 2.05) is 27.7 Å². The lowest BCUT2D eigenvalue weighted by Gasteiger charge is -2.29. The second-order valence-electron chi connectivity index (χ2n) is 7.20. The summed E-state index contributed by atoms with van der Waals surface area (Å²) < 4.78 is 23.0. The number of hydrogen-bond acceptors (Lipinski definition) is 5. The van der Waals surface area contributed by atoms with E-state index in [0.717, 1.165) is 31.3 Å². The lowest BCUT2D eigenvalue weighted by molar-refractivity contribution is -0.137. The molecule has 0 bridgehead atoms. The molecule has 1 unspecified atom stereocenters. The average molecular weight is 415 g/mol. The predicted molar refractivity (Wildman–Crippen MR) is 117 cm³/mol. The molecule has 0 amide bonds. The van der Waals surface area contributed by atoms with Gasteiger partial charge in [-0.1, -0.05) is 24.1 Å².